The van der Waals surface area contributed by atoms with Gasteiger partial charge < -0.3 is 19.9 Å². The van der Waals surface area contributed by atoms with Crippen LogP contribution in [0.5, 0.6) is 17.4 Å². The van der Waals surface area contributed by atoms with E-state index in [1.165, 1.54) is 0 Å². The Hall–Kier alpha value is -4.44. The second-order valence-corrected chi connectivity index (χ2v) is 7.37. The second-order valence-electron chi connectivity index (χ2n) is 7.37. The zero-order chi connectivity index (χ0) is 22.2. The van der Waals surface area contributed by atoms with Crippen molar-refractivity contribution in [1.82, 2.24) is 10.2 Å². The highest BCUT2D eigenvalue weighted by atomic mass is 16.5. The molecule has 5 rings (SSSR count). The van der Waals surface area contributed by atoms with Crippen LogP contribution in [0.2, 0.25) is 0 Å². The number of aromatic amines is 1. The standard InChI is InChI=1S/C25H20N4O3/c1-30-15-9-7-14(8-10-15)23-22-21(19(13-26)24(27)32-25(22)29-28-23)18-11-12-20(31-2)17-6-4-3-5-16(17)18/h3-12,21H,27H2,1-2H3,(H,28,29)/t21-/m0/s1. The van der Waals surface area contributed by atoms with E-state index in [1.54, 1.807) is 14.2 Å². The van der Waals surface area contributed by atoms with E-state index >= 15 is 0 Å². The number of nitrogens with two attached hydrogens (primary N) is 1. The largest absolute Gasteiger partial charge is 0.497 e. The molecular formula is C25H20N4O3. The molecule has 0 fully saturated rings. The van der Waals surface area contributed by atoms with Crippen molar-refractivity contribution in [3.8, 4) is 34.7 Å². The quantitative estimate of drug-likeness (QED) is 0.501. The Kier molecular flexibility index (Phi) is 4.68. The van der Waals surface area contributed by atoms with E-state index in [4.69, 9.17) is 19.9 Å². The summed E-state index contributed by atoms with van der Waals surface area (Å²) in [6.07, 6.45) is 0. The molecule has 0 saturated carbocycles. The summed E-state index contributed by atoms with van der Waals surface area (Å²) >= 11 is 0. The number of nitrogens with zero attached hydrogens (tertiary/aromatic N) is 2. The average Bonchev–Trinajstić information content (AvgIpc) is 3.26. The van der Waals surface area contributed by atoms with E-state index in [0.29, 0.717) is 11.5 Å². The Morgan fingerprint density at radius 2 is 1.75 bits per heavy atom. The summed E-state index contributed by atoms with van der Waals surface area (Å²) in [4.78, 5) is 0. The van der Waals surface area contributed by atoms with Crippen molar-refractivity contribution in [3.63, 3.8) is 0 Å². The molecule has 2 heterocycles. The van der Waals surface area contributed by atoms with Crippen molar-refractivity contribution in [2.24, 2.45) is 5.73 Å². The Bertz CT molecular complexity index is 1400. The lowest BCUT2D eigenvalue weighted by Crippen LogP contribution is -2.21. The van der Waals surface area contributed by atoms with Crippen LogP contribution in [0, 0.1) is 11.3 Å². The van der Waals surface area contributed by atoms with E-state index in [1.807, 2.05) is 60.7 Å². The van der Waals surface area contributed by atoms with Crippen LogP contribution in [0.4, 0.5) is 0 Å². The molecule has 0 spiro atoms. The number of nitriles is 1. The molecule has 1 aromatic heterocycles. The van der Waals surface area contributed by atoms with Gasteiger partial charge in [0.15, 0.2) is 0 Å². The molecule has 0 radical (unpaired) electrons. The molecule has 158 valence electrons. The molecule has 0 saturated heterocycles. The third kappa shape index (κ3) is 2.93. The average molecular weight is 424 g/mol. The molecule has 0 bridgehead atoms. The Balaban J connectivity index is 1.78. The van der Waals surface area contributed by atoms with Crippen LogP contribution in [0.1, 0.15) is 17.0 Å². The highest BCUT2D eigenvalue weighted by Gasteiger charge is 2.36. The van der Waals surface area contributed by atoms with Crippen molar-refractivity contribution in [3.05, 3.63) is 83.2 Å². The van der Waals surface area contributed by atoms with Crippen LogP contribution >= 0.6 is 0 Å². The number of rotatable bonds is 4. The van der Waals surface area contributed by atoms with Crippen LogP contribution in [-0.2, 0) is 0 Å². The topological polar surface area (TPSA) is 106 Å². The van der Waals surface area contributed by atoms with Crippen molar-refractivity contribution < 1.29 is 14.2 Å². The molecule has 1 aliphatic rings. The molecule has 32 heavy (non-hydrogen) atoms. The molecule has 7 nitrogen and oxygen atoms in total. The van der Waals surface area contributed by atoms with Crippen LogP contribution in [0.15, 0.2) is 72.1 Å². The lowest BCUT2D eigenvalue weighted by molar-refractivity contribution is 0.379. The minimum absolute atomic E-state index is 0.0534. The fraction of sp³-hybridized carbons (Fsp3) is 0.120. The van der Waals surface area contributed by atoms with Gasteiger partial charge in [0.1, 0.15) is 23.1 Å². The first kappa shape index (κ1) is 19.5. The summed E-state index contributed by atoms with van der Waals surface area (Å²) in [7, 11) is 3.27. The molecule has 3 aromatic carbocycles. The van der Waals surface area contributed by atoms with Gasteiger partial charge in [0, 0.05) is 10.9 Å². The molecule has 0 aliphatic carbocycles. The number of H-pyrrole nitrogens is 1. The summed E-state index contributed by atoms with van der Waals surface area (Å²) < 4.78 is 16.6. The summed E-state index contributed by atoms with van der Waals surface area (Å²) in [6, 6.07) is 21.7. The van der Waals surface area contributed by atoms with Crippen molar-refractivity contribution in [2.45, 2.75) is 5.92 Å². The van der Waals surface area contributed by atoms with Crippen LogP contribution < -0.4 is 19.9 Å². The minimum atomic E-state index is -0.463. The lowest BCUT2D eigenvalue weighted by atomic mass is 9.81. The molecule has 1 aliphatic heterocycles. The number of ether oxygens (including phenoxy) is 3. The van der Waals surface area contributed by atoms with E-state index in [2.05, 4.69) is 16.3 Å². The van der Waals surface area contributed by atoms with Gasteiger partial charge in [-0.1, -0.05) is 30.3 Å². The van der Waals surface area contributed by atoms with Crippen molar-refractivity contribution in [1.29, 1.82) is 5.26 Å². The van der Waals surface area contributed by atoms with Gasteiger partial charge >= 0.3 is 0 Å². The van der Waals surface area contributed by atoms with Gasteiger partial charge in [-0.3, -0.25) is 5.10 Å². The van der Waals surface area contributed by atoms with Gasteiger partial charge in [-0.15, -0.1) is 5.10 Å². The normalized spacial score (nSPS) is 15.1. The zero-order valence-corrected chi connectivity index (χ0v) is 17.5. The van der Waals surface area contributed by atoms with Crippen molar-refractivity contribution >= 4 is 10.8 Å². The van der Waals surface area contributed by atoms with E-state index in [0.717, 1.165) is 44.7 Å². The van der Waals surface area contributed by atoms with Crippen LogP contribution in [0.25, 0.3) is 22.0 Å². The maximum atomic E-state index is 10.0. The molecule has 1 atom stereocenters. The summed E-state index contributed by atoms with van der Waals surface area (Å²) in [6.45, 7) is 0. The highest BCUT2D eigenvalue weighted by molar-refractivity contribution is 5.93. The van der Waals surface area contributed by atoms with Crippen LogP contribution in [0.3, 0.4) is 0 Å². The van der Waals surface area contributed by atoms with E-state index < -0.39 is 5.92 Å². The molecule has 0 unspecified atom stereocenters. The number of fused-ring (bicyclic) bond motifs is 2. The number of benzene rings is 3. The monoisotopic (exact) mass is 424 g/mol. The first-order valence-electron chi connectivity index (χ1n) is 10.0. The van der Waals surface area contributed by atoms with Gasteiger partial charge in [0.25, 0.3) is 0 Å². The number of nitrogens with one attached hydrogen (secondary N) is 1. The third-order valence-electron chi connectivity index (χ3n) is 5.77. The predicted molar refractivity (Wildman–Crippen MR) is 120 cm³/mol. The van der Waals surface area contributed by atoms with Gasteiger partial charge in [0.05, 0.1) is 31.4 Å². The van der Waals surface area contributed by atoms with Crippen LogP contribution in [-0.4, -0.2) is 24.4 Å². The first-order chi connectivity index (χ1) is 15.7. The summed E-state index contributed by atoms with van der Waals surface area (Å²) in [5.74, 6) is 1.46. The molecule has 4 aromatic rings. The maximum absolute atomic E-state index is 10.0. The van der Waals surface area contributed by atoms with E-state index in [-0.39, 0.29) is 5.88 Å². The van der Waals surface area contributed by atoms with Gasteiger partial charge in [0.2, 0.25) is 11.8 Å². The third-order valence-corrected chi connectivity index (χ3v) is 5.77. The summed E-state index contributed by atoms with van der Waals surface area (Å²) in [5, 5.41) is 19.4. The first-order valence-corrected chi connectivity index (χ1v) is 10.0. The molecule has 3 N–H and O–H groups in total. The van der Waals surface area contributed by atoms with E-state index in [9.17, 15) is 5.26 Å². The maximum Gasteiger partial charge on any atom is 0.244 e. The fourth-order valence-electron chi connectivity index (χ4n) is 4.26. The molecule has 7 heteroatoms. The zero-order valence-electron chi connectivity index (χ0n) is 17.5. The highest BCUT2D eigenvalue weighted by Crippen LogP contribution is 2.48. The van der Waals surface area contributed by atoms with Gasteiger partial charge in [-0.2, -0.15) is 5.26 Å². The predicted octanol–water partition coefficient (Wildman–Crippen LogP) is 4.47. The number of allylic oxidation sites excluding steroid dienone is 1. The Morgan fingerprint density at radius 1 is 1.00 bits per heavy atom. The molecule has 0 amide bonds. The smallest absolute Gasteiger partial charge is 0.244 e. The fourth-order valence-corrected chi connectivity index (χ4v) is 4.26. The molecular weight excluding hydrogens is 404 g/mol. The number of aromatic nitrogens is 2. The van der Waals surface area contributed by atoms with Crippen molar-refractivity contribution in [2.75, 3.05) is 14.2 Å². The number of hydrogen-bond donors (Lipinski definition) is 2. The Labute approximate surface area is 184 Å². The van der Waals surface area contributed by atoms with Gasteiger partial charge in [-0.25, -0.2) is 0 Å². The second kappa shape index (κ2) is 7.67. The Morgan fingerprint density at radius 3 is 2.44 bits per heavy atom. The number of methoxy groups -OCH3 is 2. The van der Waals surface area contributed by atoms with Gasteiger partial charge in [-0.05, 0) is 41.3 Å². The number of hydrogen-bond acceptors (Lipinski definition) is 6. The minimum Gasteiger partial charge on any atom is -0.497 e. The SMILES string of the molecule is COc1ccc(-c2[nH]nc3c2[C@@H](c2ccc(OC)c4ccccc24)C(C#N)=C(N)O3)cc1. The summed E-state index contributed by atoms with van der Waals surface area (Å²) in [5.41, 5.74) is 9.82. The lowest BCUT2D eigenvalue weighted by Gasteiger charge is -2.25.